The van der Waals surface area contributed by atoms with Crippen LogP contribution in [0.15, 0.2) is 12.1 Å². The molecular weight excluding hydrogens is 338 g/mol. The summed E-state index contributed by atoms with van der Waals surface area (Å²) >= 11 is 3.34. The summed E-state index contributed by atoms with van der Waals surface area (Å²) in [5.41, 5.74) is 1.78. The van der Waals surface area contributed by atoms with Gasteiger partial charge in [0.15, 0.2) is 16.5 Å². The number of benzene rings is 1. The highest BCUT2D eigenvalue weighted by Gasteiger charge is 2.46. The Kier molecular flexibility index (Phi) is 3.84. The minimum Gasteiger partial charge on any atom is -0.448 e. The molecule has 2 aliphatic heterocycles. The first-order valence-electron chi connectivity index (χ1n) is 7.00. The van der Waals surface area contributed by atoms with Crippen LogP contribution in [0, 0.1) is 12.8 Å². The van der Waals surface area contributed by atoms with Crippen LogP contribution in [0.25, 0.3) is 0 Å². The van der Waals surface area contributed by atoms with Crippen molar-refractivity contribution in [2.45, 2.75) is 31.1 Å². The zero-order chi connectivity index (χ0) is 15.0. The molecular formula is C15H18BrNO4. The van der Waals surface area contributed by atoms with Crippen LogP contribution in [0.1, 0.15) is 29.5 Å². The maximum absolute atomic E-state index is 10.5. The van der Waals surface area contributed by atoms with Gasteiger partial charge in [0.1, 0.15) is 0 Å². The molecule has 0 saturated carbocycles. The maximum atomic E-state index is 10.5. The van der Waals surface area contributed by atoms with E-state index < -0.39 is 10.8 Å². The fraction of sp³-hybridized carbons (Fsp3) is 0.533. The van der Waals surface area contributed by atoms with Gasteiger partial charge in [0, 0.05) is 30.5 Å². The second-order valence-corrected chi connectivity index (χ2v) is 6.40. The predicted molar refractivity (Wildman–Crippen MR) is 80.6 cm³/mol. The Labute approximate surface area is 132 Å². The predicted octanol–water partition coefficient (Wildman–Crippen LogP) is 2.66. The molecule has 6 heteroatoms. The highest BCUT2D eigenvalue weighted by Crippen LogP contribution is 2.47. The Hall–Kier alpha value is -1.27. The van der Waals surface area contributed by atoms with Gasteiger partial charge in [-0.1, -0.05) is 6.07 Å². The van der Waals surface area contributed by atoms with E-state index in [1.807, 2.05) is 26.0 Å². The van der Waals surface area contributed by atoms with Crippen LogP contribution in [-0.2, 0) is 9.53 Å². The number of hydrogen-bond acceptors (Lipinski definition) is 5. The topological polar surface area (TPSA) is 56.8 Å². The molecule has 1 saturated heterocycles. The lowest BCUT2D eigenvalue weighted by molar-refractivity contribution is -0.130. The summed E-state index contributed by atoms with van der Waals surface area (Å²) in [6.07, 6.45) is 1.03. The van der Waals surface area contributed by atoms with Crippen molar-refractivity contribution in [2.75, 3.05) is 13.1 Å². The first kappa shape index (κ1) is 14.7. The largest absolute Gasteiger partial charge is 0.448 e. The molecule has 5 nitrogen and oxygen atoms in total. The van der Waals surface area contributed by atoms with Crippen LogP contribution in [0.4, 0.5) is 0 Å². The molecule has 0 spiro atoms. The molecule has 1 aromatic carbocycles. The minimum absolute atomic E-state index is 0.318. The monoisotopic (exact) mass is 355 g/mol. The summed E-state index contributed by atoms with van der Waals surface area (Å²) in [5.74, 6) is 1.17. The van der Waals surface area contributed by atoms with Crippen LogP contribution in [0.5, 0.6) is 11.5 Å². The summed E-state index contributed by atoms with van der Waals surface area (Å²) < 4.78 is 17.2. The van der Waals surface area contributed by atoms with E-state index in [9.17, 15) is 4.79 Å². The maximum Gasteiger partial charge on any atom is 0.294 e. The van der Waals surface area contributed by atoms with Crippen molar-refractivity contribution in [2.24, 2.45) is 5.92 Å². The second-order valence-electron chi connectivity index (χ2n) is 5.57. The van der Waals surface area contributed by atoms with Gasteiger partial charge in [0.25, 0.3) is 12.3 Å². The van der Waals surface area contributed by atoms with Crippen molar-refractivity contribution < 1.29 is 19.0 Å². The zero-order valence-corrected chi connectivity index (χ0v) is 13.6. The third-order valence-corrected chi connectivity index (χ3v) is 4.96. The van der Waals surface area contributed by atoms with Crippen LogP contribution in [-0.4, -0.2) is 25.3 Å². The fourth-order valence-corrected chi connectivity index (χ4v) is 3.55. The van der Waals surface area contributed by atoms with Gasteiger partial charge in [-0.2, -0.15) is 0 Å². The van der Waals surface area contributed by atoms with E-state index in [-0.39, 0.29) is 0 Å². The lowest BCUT2D eigenvalue weighted by atomic mass is 9.99. The van der Waals surface area contributed by atoms with E-state index in [1.165, 1.54) is 0 Å². The van der Waals surface area contributed by atoms with Crippen LogP contribution < -0.4 is 14.8 Å². The number of hydrogen-bond donors (Lipinski definition) is 1. The Morgan fingerprint density at radius 2 is 2.33 bits per heavy atom. The molecule has 21 heavy (non-hydrogen) atoms. The van der Waals surface area contributed by atoms with E-state index in [0.717, 1.165) is 42.1 Å². The van der Waals surface area contributed by atoms with Crippen LogP contribution in [0.3, 0.4) is 0 Å². The SMILES string of the molecule is Cc1c(C(Br)OC=O)ccc2c1OC(C)(C1CCNC1)O2. The van der Waals surface area contributed by atoms with Gasteiger partial charge in [0.05, 0.1) is 0 Å². The molecule has 2 aliphatic rings. The molecule has 0 amide bonds. The van der Waals surface area contributed by atoms with Crippen molar-refractivity contribution in [3.05, 3.63) is 23.3 Å². The standard InChI is InChI=1S/C15H18BrNO4/c1-9-11(14(16)19-8-18)3-4-12-13(9)21-15(2,20-12)10-5-6-17-7-10/h3-4,8,10,14,17H,5-7H2,1-2H3. The van der Waals surface area contributed by atoms with Crippen molar-refractivity contribution >= 4 is 22.4 Å². The van der Waals surface area contributed by atoms with E-state index in [2.05, 4.69) is 21.2 Å². The number of fused-ring (bicyclic) bond motifs is 1. The first-order chi connectivity index (χ1) is 10.0. The molecule has 114 valence electrons. The van der Waals surface area contributed by atoms with E-state index in [4.69, 9.17) is 14.2 Å². The number of nitrogens with one attached hydrogen (secondary N) is 1. The van der Waals surface area contributed by atoms with Gasteiger partial charge in [-0.15, -0.1) is 0 Å². The molecule has 2 heterocycles. The highest BCUT2D eigenvalue weighted by atomic mass is 79.9. The van der Waals surface area contributed by atoms with Gasteiger partial charge in [0.2, 0.25) is 0 Å². The minimum atomic E-state index is -0.636. The Morgan fingerprint density at radius 3 is 3.00 bits per heavy atom. The van der Waals surface area contributed by atoms with E-state index >= 15 is 0 Å². The summed E-state index contributed by atoms with van der Waals surface area (Å²) in [7, 11) is 0. The summed E-state index contributed by atoms with van der Waals surface area (Å²) in [5, 5.41) is 2.85. The van der Waals surface area contributed by atoms with Crippen molar-refractivity contribution in [1.29, 1.82) is 0 Å². The van der Waals surface area contributed by atoms with Crippen LogP contribution >= 0.6 is 15.9 Å². The summed E-state index contributed by atoms with van der Waals surface area (Å²) in [6, 6.07) is 3.76. The van der Waals surface area contributed by atoms with Gasteiger partial charge >= 0.3 is 0 Å². The molecule has 0 bridgehead atoms. The highest BCUT2D eigenvalue weighted by molar-refractivity contribution is 9.09. The van der Waals surface area contributed by atoms with Crippen molar-refractivity contribution in [1.82, 2.24) is 5.32 Å². The fourth-order valence-electron chi connectivity index (χ4n) is 2.97. The average molecular weight is 356 g/mol. The van der Waals surface area contributed by atoms with Crippen molar-refractivity contribution in [3.8, 4) is 11.5 Å². The Bertz CT molecular complexity index is 559. The third-order valence-electron chi connectivity index (χ3n) is 4.25. The summed E-state index contributed by atoms with van der Waals surface area (Å²) in [6.45, 7) is 6.24. The average Bonchev–Trinajstić information content (AvgIpc) is 3.07. The number of rotatable bonds is 4. The smallest absolute Gasteiger partial charge is 0.294 e. The van der Waals surface area contributed by atoms with Gasteiger partial charge in [-0.3, -0.25) is 4.79 Å². The molecule has 1 aromatic rings. The van der Waals surface area contributed by atoms with E-state index in [0.29, 0.717) is 12.4 Å². The number of carbonyl (C=O) groups is 1. The molecule has 3 atom stereocenters. The Morgan fingerprint density at radius 1 is 1.52 bits per heavy atom. The zero-order valence-electron chi connectivity index (χ0n) is 12.0. The molecule has 3 rings (SSSR count). The molecule has 1 fully saturated rings. The number of carbonyl (C=O) groups excluding carboxylic acids is 1. The third kappa shape index (κ3) is 2.51. The van der Waals surface area contributed by atoms with Gasteiger partial charge in [-0.05, 0) is 41.9 Å². The first-order valence-corrected chi connectivity index (χ1v) is 7.92. The van der Waals surface area contributed by atoms with Crippen molar-refractivity contribution in [3.63, 3.8) is 0 Å². The Balaban J connectivity index is 1.89. The molecule has 0 radical (unpaired) electrons. The normalized spacial score (nSPS) is 28.4. The lowest BCUT2D eigenvalue weighted by Gasteiger charge is -2.29. The molecule has 3 unspecified atom stereocenters. The molecule has 1 N–H and O–H groups in total. The second kappa shape index (κ2) is 5.50. The number of halogens is 1. The quantitative estimate of drug-likeness (QED) is 0.664. The van der Waals surface area contributed by atoms with Gasteiger partial charge in [-0.25, -0.2) is 0 Å². The van der Waals surface area contributed by atoms with Crippen LogP contribution in [0.2, 0.25) is 0 Å². The molecule has 0 aliphatic carbocycles. The number of ether oxygens (including phenoxy) is 3. The number of alkyl halides is 1. The molecule has 0 aromatic heterocycles. The van der Waals surface area contributed by atoms with E-state index in [1.54, 1.807) is 0 Å². The van der Waals surface area contributed by atoms with Gasteiger partial charge < -0.3 is 19.5 Å². The summed E-state index contributed by atoms with van der Waals surface area (Å²) in [4.78, 5) is 10.5. The lowest BCUT2D eigenvalue weighted by Crippen LogP contribution is -2.44.